The van der Waals surface area contributed by atoms with Gasteiger partial charge in [0.25, 0.3) is 11.8 Å². The molecule has 0 saturated heterocycles. The zero-order chi connectivity index (χ0) is 57.5. The quantitative estimate of drug-likeness (QED) is 0.0138. The van der Waals surface area contributed by atoms with Crippen molar-refractivity contribution in [3.05, 3.63) is 202 Å². The van der Waals surface area contributed by atoms with E-state index in [-0.39, 0.29) is 42.2 Å². The molecule has 0 bridgehead atoms. The molecular weight excluding hydrogens is 1050 g/mol. The predicted molar refractivity (Wildman–Crippen MR) is 311 cm³/mol. The van der Waals surface area contributed by atoms with E-state index < -0.39 is 23.8 Å². The fourth-order valence-corrected chi connectivity index (χ4v) is 8.97. The van der Waals surface area contributed by atoms with Gasteiger partial charge < -0.3 is 29.6 Å². The summed E-state index contributed by atoms with van der Waals surface area (Å²) < 4.78 is 22.7. The van der Waals surface area contributed by atoms with Gasteiger partial charge in [0.15, 0.2) is 0 Å². The number of carbonyl (C=O) groups excluding carboxylic acids is 4. The normalized spacial score (nSPS) is 11.0. The van der Waals surface area contributed by atoms with E-state index >= 15 is 0 Å². The number of anilines is 4. The molecule has 0 aliphatic carbocycles. The minimum atomic E-state index is -0.606. The fraction of sp³-hybridized carbons (Fsp3) is 0.250. The highest BCUT2D eigenvalue weighted by Crippen LogP contribution is 2.32. The molecule has 0 saturated carbocycles. The molecule has 0 atom stereocenters. The Morgan fingerprint density at radius 1 is 0.390 bits per heavy atom. The summed E-state index contributed by atoms with van der Waals surface area (Å²) in [6.45, 7) is 1.87. The Morgan fingerprint density at radius 2 is 0.878 bits per heavy atom. The van der Waals surface area contributed by atoms with Crippen molar-refractivity contribution in [3.8, 4) is 11.5 Å². The smallest absolute Gasteiger partial charge is 0.339 e. The van der Waals surface area contributed by atoms with Crippen LogP contribution in [0, 0.1) is 0 Å². The fourth-order valence-electron chi connectivity index (χ4n) is 8.97. The van der Waals surface area contributed by atoms with Crippen LogP contribution in [0.4, 0.5) is 22.7 Å². The Balaban J connectivity index is 0.871. The van der Waals surface area contributed by atoms with Crippen molar-refractivity contribution in [2.45, 2.75) is 65.0 Å². The first-order valence-electron chi connectivity index (χ1n) is 26.7. The van der Waals surface area contributed by atoms with Crippen LogP contribution in [0.15, 0.2) is 158 Å². The molecule has 0 aliphatic heterocycles. The van der Waals surface area contributed by atoms with Gasteiger partial charge >= 0.3 is 11.9 Å². The van der Waals surface area contributed by atoms with E-state index in [1.807, 2.05) is 60.7 Å². The number of hydrogen-bond acceptors (Lipinski definition) is 16. The van der Waals surface area contributed by atoms with Gasteiger partial charge in [-0.05, 0) is 119 Å². The molecule has 2 amide bonds. The molecular formula is C64H66N4O14. The molecule has 18 nitrogen and oxygen atoms in total. The van der Waals surface area contributed by atoms with Crippen LogP contribution in [0.2, 0.25) is 0 Å². The zero-order valence-electron chi connectivity index (χ0n) is 46.2. The van der Waals surface area contributed by atoms with Crippen molar-refractivity contribution in [3.63, 3.8) is 0 Å². The lowest BCUT2D eigenvalue weighted by Crippen LogP contribution is -2.17. The first-order valence-corrected chi connectivity index (χ1v) is 26.7. The first kappa shape index (κ1) is 59.2. The third-order valence-electron chi connectivity index (χ3n) is 13.3. The van der Waals surface area contributed by atoms with E-state index in [1.165, 1.54) is 28.4 Å². The lowest BCUT2D eigenvalue weighted by molar-refractivity contribution is -0.282. The monoisotopic (exact) mass is 1110 g/mol. The molecule has 8 rings (SSSR count). The van der Waals surface area contributed by atoms with Crippen LogP contribution in [0.5, 0.6) is 11.5 Å². The van der Waals surface area contributed by atoms with E-state index in [0.717, 1.165) is 94.1 Å². The molecule has 18 heteroatoms. The molecule has 0 fully saturated rings. The second kappa shape index (κ2) is 30.6. The Hall–Kier alpha value is -8.88. The Labute approximate surface area is 475 Å². The van der Waals surface area contributed by atoms with Crippen molar-refractivity contribution in [1.82, 2.24) is 0 Å². The number of unbranched alkanes of at least 4 members (excludes halogenated alkanes) is 5. The molecule has 8 aromatic carbocycles. The summed E-state index contributed by atoms with van der Waals surface area (Å²) in [5.41, 5.74) is 12.7. The van der Waals surface area contributed by atoms with Gasteiger partial charge in [-0.2, -0.15) is 0 Å². The molecule has 0 spiro atoms. The second-order valence-electron chi connectivity index (χ2n) is 18.8. The molecule has 0 aromatic heterocycles. The average molecular weight is 1120 g/mol. The van der Waals surface area contributed by atoms with E-state index in [4.69, 9.17) is 48.2 Å². The van der Waals surface area contributed by atoms with Crippen LogP contribution in [0.3, 0.4) is 0 Å². The molecule has 82 heavy (non-hydrogen) atoms. The highest BCUT2D eigenvalue weighted by Gasteiger charge is 2.21. The van der Waals surface area contributed by atoms with Crippen LogP contribution < -0.4 is 31.1 Å². The molecule has 0 heterocycles. The highest BCUT2D eigenvalue weighted by atomic mass is 17.2. The van der Waals surface area contributed by atoms with Gasteiger partial charge in [-0.15, -0.1) is 0 Å². The van der Waals surface area contributed by atoms with Crippen molar-refractivity contribution >= 4 is 68.0 Å². The summed E-state index contributed by atoms with van der Waals surface area (Å²) in [7, 11) is 5.48. The number of carbonyl (C=O) groups is 4. The molecule has 0 radical (unpaired) electrons. The number of fused-ring (bicyclic) bond motifs is 2. The van der Waals surface area contributed by atoms with Crippen LogP contribution in [-0.2, 0) is 65.1 Å². The number of hydrogen-bond donors (Lipinski definition) is 4. The minimum absolute atomic E-state index is 0.184. The van der Waals surface area contributed by atoms with Gasteiger partial charge in [0.1, 0.15) is 31.3 Å². The molecule has 0 unspecified atom stereocenters. The number of ether oxygens (including phenoxy) is 4. The van der Waals surface area contributed by atoms with E-state index in [0.29, 0.717) is 42.2 Å². The Morgan fingerprint density at radius 3 is 1.46 bits per heavy atom. The summed E-state index contributed by atoms with van der Waals surface area (Å²) in [6.07, 6.45) is 5.34. The topological polar surface area (TPSA) is 209 Å². The molecule has 4 N–H and O–H groups in total. The molecule has 426 valence electrons. The summed E-state index contributed by atoms with van der Waals surface area (Å²) in [6, 6.07) is 47.2. The Bertz CT molecular complexity index is 3460. The van der Waals surface area contributed by atoms with Gasteiger partial charge in [0.2, 0.25) is 0 Å². The van der Waals surface area contributed by atoms with Crippen LogP contribution in [0.1, 0.15) is 102 Å². The number of amides is 2. The van der Waals surface area contributed by atoms with Crippen LogP contribution >= 0.6 is 0 Å². The van der Waals surface area contributed by atoms with Crippen LogP contribution in [0.25, 0.3) is 21.5 Å². The van der Waals surface area contributed by atoms with E-state index in [1.54, 1.807) is 78.9 Å². The lowest BCUT2D eigenvalue weighted by Gasteiger charge is -2.16. The van der Waals surface area contributed by atoms with Gasteiger partial charge in [0.05, 0.1) is 87.7 Å². The van der Waals surface area contributed by atoms with Gasteiger partial charge in [-0.1, -0.05) is 105 Å². The second-order valence-corrected chi connectivity index (χ2v) is 18.8. The molecule has 8 aromatic rings. The summed E-state index contributed by atoms with van der Waals surface area (Å²) in [4.78, 5) is 84.6. The maximum atomic E-state index is 14.1. The third-order valence-corrected chi connectivity index (χ3v) is 13.3. The van der Waals surface area contributed by atoms with Crippen molar-refractivity contribution in [2.24, 2.45) is 0 Å². The number of para-hydroxylation sites is 4. The zero-order valence-corrected chi connectivity index (χ0v) is 46.2. The molecule has 0 aliphatic rings. The van der Waals surface area contributed by atoms with Crippen molar-refractivity contribution in [2.75, 3.05) is 63.2 Å². The highest BCUT2D eigenvalue weighted by molar-refractivity contribution is 6.13. The van der Waals surface area contributed by atoms with Crippen molar-refractivity contribution < 1.29 is 67.4 Å². The van der Waals surface area contributed by atoms with Gasteiger partial charge in [0, 0.05) is 22.3 Å². The number of nitrogens with one attached hydrogen (secondary N) is 4. The van der Waals surface area contributed by atoms with E-state index in [9.17, 15) is 19.2 Å². The largest absolute Gasteiger partial charge is 0.493 e. The number of methoxy groups -OCH3 is 2. The summed E-state index contributed by atoms with van der Waals surface area (Å²) in [5, 5.41) is 8.97. The van der Waals surface area contributed by atoms with E-state index in [2.05, 4.69) is 39.8 Å². The first-order chi connectivity index (χ1) is 40.2. The summed E-state index contributed by atoms with van der Waals surface area (Å²) in [5.74, 6) is -1.12. The standard InChI is InChI=1S/C64H66N4O14/c1-73-63(71)52-21-11-15-25-57(52)65-61(69)46-30-29-45-38-60(54(36-50(45)34-46)62(70)66-58-26-16-12-22-53(58)64(72)74-2)78-32-18-8-6-5-7-17-31-77-59-37-44-28-27-43(39-79-67-55-23-13-9-19-47(55)41-81-75-3)33-49(44)35-51(59)40-80-68-56-24-14-10-20-48(56)42-82-76-4/h9-16,19-30,33-38,67-68H,5-8,17-18,31-32,39-42H2,1-4H3,(H,65,69)(H,66,70). The van der Waals surface area contributed by atoms with Crippen molar-refractivity contribution in [1.29, 1.82) is 0 Å². The third kappa shape index (κ3) is 16.4. The average Bonchev–Trinajstić information content (AvgIpc) is 3.70. The van der Waals surface area contributed by atoms with Gasteiger partial charge in [-0.3, -0.25) is 30.2 Å². The SMILES string of the molecule is COOCc1ccccc1NOCc1ccc2cc(OCCCCCCCCOc3cc4ccc(C(=O)Nc5ccccc5C(=O)OC)cc4cc3C(=O)Nc3ccccc3C(=O)OC)c(CONc3ccccc3COOC)cc2c1. The Kier molecular flexibility index (Phi) is 22.1. The maximum Gasteiger partial charge on any atom is 0.339 e. The lowest BCUT2D eigenvalue weighted by atomic mass is 10.0. The number of benzene rings is 8. The number of rotatable bonds is 31. The predicted octanol–water partition coefficient (Wildman–Crippen LogP) is 13.1. The number of esters is 2. The van der Waals surface area contributed by atoms with Crippen LogP contribution in [-0.4, -0.2) is 65.4 Å². The van der Waals surface area contributed by atoms with Gasteiger partial charge in [-0.25, -0.2) is 29.1 Å². The summed E-state index contributed by atoms with van der Waals surface area (Å²) >= 11 is 0. The minimum Gasteiger partial charge on any atom is -0.493 e. The maximum absolute atomic E-state index is 14.1.